The topological polar surface area (TPSA) is 138 Å². The van der Waals surface area contributed by atoms with Gasteiger partial charge in [-0.15, -0.1) is 0 Å². The number of fused-ring (bicyclic) bond motifs is 1. The fourth-order valence-electron chi connectivity index (χ4n) is 4.82. The fourth-order valence-corrected chi connectivity index (χ4v) is 6.02. The van der Waals surface area contributed by atoms with Gasteiger partial charge >= 0.3 is 6.03 Å². The molecule has 11 nitrogen and oxygen atoms in total. The second kappa shape index (κ2) is 13.9. The number of amides is 3. The molecule has 230 valence electrons. The van der Waals surface area contributed by atoms with Crippen molar-refractivity contribution in [1.29, 1.82) is 0 Å². The lowest BCUT2D eigenvalue weighted by atomic mass is 10.0. The molecule has 0 spiro atoms. The molecule has 43 heavy (non-hydrogen) atoms. The van der Waals surface area contributed by atoms with E-state index in [0.29, 0.717) is 28.4 Å². The number of methoxy groups -OCH3 is 1. The van der Waals surface area contributed by atoms with Crippen LogP contribution in [0.15, 0.2) is 77.7 Å². The van der Waals surface area contributed by atoms with E-state index in [1.54, 1.807) is 79.6 Å². The Bertz CT molecular complexity index is 1520. The number of nitrogens with one attached hydrogen (secondary N) is 2. The van der Waals surface area contributed by atoms with Crippen molar-refractivity contribution in [3.63, 3.8) is 0 Å². The number of rotatable bonds is 9. The number of benzene rings is 3. The van der Waals surface area contributed by atoms with Crippen LogP contribution in [0.3, 0.4) is 0 Å². The van der Waals surface area contributed by atoms with Crippen LogP contribution in [0.1, 0.15) is 19.4 Å². The highest BCUT2D eigenvalue weighted by Crippen LogP contribution is 2.30. The summed E-state index contributed by atoms with van der Waals surface area (Å²) in [5, 5.41) is 15.4. The molecular formula is C31H38N4O7S. The summed E-state index contributed by atoms with van der Waals surface area (Å²) in [7, 11) is -0.735. The quantitative estimate of drug-likeness (QED) is 0.335. The standard InChI is InChI=1S/C31H38N4O7S/c1-21-18-35(22(2)20-36)30(37)17-23-16-25(33-31(38)32-24-10-13-26(41-4)14-11-24)12-15-28(23)42-29(21)19-34(3)43(39,40)27-8-6-5-7-9-27/h5-16,21-22,29,36H,17-20H2,1-4H3,(H2,32,33,38)/t21-,22+,29+/m0/s1. The third-order valence-corrected chi connectivity index (χ3v) is 9.25. The van der Waals surface area contributed by atoms with Gasteiger partial charge in [-0.05, 0) is 61.5 Å². The maximum Gasteiger partial charge on any atom is 0.323 e. The molecule has 3 atom stereocenters. The number of aliphatic hydroxyl groups excluding tert-OH is 1. The average molecular weight is 611 g/mol. The highest BCUT2D eigenvalue weighted by molar-refractivity contribution is 7.89. The Labute approximate surface area is 252 Å². The molecule has 1 aliphatic rings. The van der Waals surface area contributed by atoms with E-state index in [0.717, 1.165) is 0 Å². The Balaban J connectivity index is 1.60. The van der Waals surface area contributed by atoms with Crippen LogP contribution in [0.4, 0.5) is 16.2 Å². The zero-order valence-electron chi connectivity index (χ0n) is 24.7. The Kier molecular flexibility index (Phi) is 10.3. The van der Waals surface area contributed by atoms with Crippen molar-refractivity contribution in [3.8, 4) is 11.5 Å². The summed E-state index contributed by atoms with van der Waals surface area (Å²) < 4.78 is 39.4. The van der Waals surface area contributed by atoms with E-state index in [9.17, 15) is 23.1 Å². The van der Waals surface area contributed by atoms with Crippen LogP contribution < -0.4 is 20.1 Å². The maximum absolute atomic E-state index is 13.5. The van der Waals surface area contributed by atoms with Gasteiger partial charge in [0.25, 0.3) is 0 Å². The van der Waals surface area contributed by atoms with E-state index in [2.05, 4.69) is 10.6 Å². The maximum atomic E-state index is 13.5. The van der Waals surface area contributed by atoms with Crippen LogP contribution in [0.25, 0.3) is 0 Å². The van der Waals surface area contributed by atoms with Crippen LogP contribution in [-0.4, -0.2) is 80.7 Å². The largest absolute Gasteiger partial charge is 0.497 e. The van der Waals surface area contributed by atoms with E-state index >= 15 is 0 Å². The number of hydrogen-bond donors (Lipinski definition) is 3. The molecule has 0 aliphatic carbocycles. The van der Waals surface area contributed by atoms with Gasteiger partial charge in [0.1, 0.15) is 17.6 Å². The number of urea groups is 1. The first kappa shape index (κ1) is 31.8. The number of likely N-dealkylation sites (N-methyl/N-ethyl adjacent to an activating group) is 1. The SMILES string of the molecule is COc1ccc(NC(=O)Nc2ccc3c(c2)CC(=O)N([C@H](C)CO)C[C@H](C)[C@@H](CN(C)S(=O)(=O)c2ccccc2)O3)cc1. The smallest absolute Gasteiger partial charge is 0.323 e. The third kappa shape index (κ3) is 7.83. The minimum absolute atomic E-state index is 0.0254. The van der Waals surface area contributed by atoms with Gasteiger partial charge in [-0.3, -0.25) is 4.79 Å². The zero-order valence-corrected chi connectivity index (χ0v) is 25.5. The highest BCUT2D eigenvalue weighted by atomic mass is 32.2. The molecule has 3 amide bonds. The van der Waals surface area contributed by atoms with Crippen molar-refractivity contribution in [2.75, 3.05) is 44.5 Å². The molecular weight excluding hydrogens is 572 g/mol. The summed E-state index contributed by atoms with van der Waals surface area (Å²) in [6, 6.07) is 19.1. The van der Waals surface area contributed by atoms with Crippen molar-refractivity contribution in [1.82, 2.24) is 9.21 Å². The van der Waals surface area contributed by atoms with Gasteiger partial charge in [-0.1, -0.05) is 25.1 Å². The molecule has 3 aromatic rings. The molecule has 0 radical (unpaired) electrons. The van der Waals surface area contributed by atoms with Gasteiger partial charge in [0.2, 0.25) is 15.9 Å². The monoisotopic (exact) mass is 610 g/mol. The molecule has 0 fully saturated rings. The second-order valence-corrected chi connectivity index (χ2v) is 12.7. The van der Waals surface area contributed by atoms with Crippen molar-refractivity contribution in [2.24, 2.45) is 5.92 Å². The molecule has 0 saturated carbocycles. The Morgan fingerprint density at radius 1 is 1.09 bits per heavy atom. The van der Waals surface area contributed by atoms with Crippen molar-refractivity contribution < 1.29 is 32.6 Å². The van der Waals surface area contributed by atoms with Crippen LogP contribution >= 0.6 is 0 Å². The molecule has 0 unspecified atom stereocenters. The number of sulfonamides is 1. The van der Waals surface area contributed by atoms with Gasteiger partial charge in [0, 0.05) is 36.4 Å². The number of carbonyl (C=O) groups excluding carboxylic acids is 2. The predicted molar refractivity (Wildman–Crippen MR) is 164 cm³/mol. The molecule has 0 bridgehead atoms. The van der Waals surface area contributed by atoms with E-state index in [1.165, 1.54) is 23.5 Å². The van der Waals surface area contributed by atoms with Gasteiger partial charge in [-0.25, -0.2) is 13.2 Å². The Morgan fingerprint density at radius 2 is 1.74 bits per heavy atom. The molecule has 3 aromatic carbocycles. The lowest BCUT2D eigenvalue weighted by Gasteiger charge is -2.33. The van der Waals surface area contributed by atoms with E-state index < -0.39 is 28.2 Å². The minimum Gasteiger partial charge on any atom is -0.497 e. The van der Waals surface area contributed by atoms with E-state index in [1.807, 2.05) is 6.92 Å². The summed E-state index contributed by atoms with van der Waals surface area (Å²) in [5.41, 5.74) is 1.53. The molecule has 0 saturated heterocycles. The summed E-state index contributed by atoms with van der Waals surface area (Å²) in [4.78, 5) is 27.9. The lowest BCUT2D eigenvalue weighted by Crippen LogP contribution is -2.48. The zero-order chi connectivity index (χ0) is 31.1. The van der Waals surface area contributed by atoms with Gasteiger partial charge in [0.05, 0.1) is 37.6 Å². The average Bonchev–Trinajstić information content (AvgIpc) is 3.04. The summed E-state index contributed by atoms with van der Waals surface area (Å²) in [6.07, 6.45) is -0.661. The van der Waals surface area contributed by atoms with Gasteiger partial charge in [-0.2, -0.15) is 4.31 Å². The molecule has 12 heteroatoms. The van der Waals surface area contributed by atoms with Crippen molar-refractivity contribution in [3.05, 3.63) is 78.4 Å². The van der Waals surface area contributed by atoms with Crippen molar-refractivity contribution in [2.45, 2.75) is 37.3 Å². The van der Waals surface area contributed by atoms with Crippen LogP contribution in [0.2, 0.25) is 0 Å². The minimum atomic E-state index is -3.79. The third-order valence-electron chi connectivity index (χ3n) is 7.41. The molecule has 1 aliphatic heterocycles. The van der Waals surface area contributed by atoms with E-state index in [-0.39, 0.29) is 42.8 Å². The lowest BCUT2D eigenvalue weighted by molar-refractivity contribution is -0.134. The van der Waals surface area contributed by atoms with Crippen molar-refractivity contribution >= 4 is 33.3 Å². The number of hydrogen-bond acceptors (Lipinski definition) is 7. The summed E-state index contributed by atoms with van der Waals surface area (Å²) >= 11 is 0. The normalized spacial score (nSPS) is 18.0. The molecule has 0 aromatic heterocycles. The molecule has 1 heterocycles. The van der Waals surface area contributed by atoms with Gasteiger partial charge < -0.3 is 30.1 Å². The number of anilines is 2. The van der Waals surface area contributed by atoms with Crippen LogP contribution in [-0.2, 0) is 21.2 Å². The molecule has 3 N–H and O–H groups in total. The Hall–Kier alpha value is -4.13. The number of nitrogens with zero attached hydrogens (tertiary/aromatic N) is 2. The number of carbonyl (C=O) groups is 2. The first-order chi connectivity index (χ1) is 20.5. The Morgan fingerprint density at radius 3 is 2.40 bits per heavy atom. The number of ether oxygens (including phenoxy) is 2. The summed E-state index contributed by atoms with van der Waals surface area (Å²) in [6.45, 7) is 3.70. The highest BCUT2D eigenvalue weighted by Gasteiger charge is 2.33. The second-order valence-electron chi connectivity index (χ2n) is 10.6. The fraction of sp³-hybridized carbons (Fsp3) is 0.355. The first-order valence-electron chi connectivity index (χ1n) is 13.9. The first-order valence-corrected chi connectivity index (χ1v) is 15.4. The summed E-state index contributed by atoms with van der Waals surface area (Å²) in [5.74, 6) is 0.568. The number of aliphatic hydroxyl groups is 1. The van der Waals surface area contributed by atoms with Crippen LogP contribution in [0, 0.1) is 5.92 Å². The van der Waals surface area contributed by atoms with Crippen LogP contribution in [0.5, 0.6) is 11.5 Å². The van der Waals surface area contributed by atoms with E-state index in [4.69, 9.17) is 9.47 Å². The van der Waals surface area contributed by atoms with Gasteiger partial charge in [0.15, 0.2) is 0 Å². The molecule has 4 rings (SSSR count). The predicted octanol–water partition coefficient (Wildman–Crippen LogP) is 3.81.